The predicted octanol–water partition coefficient (Wildman–Crippen LogP) is 4.38. The van der Waals surface area contributed by atoms with Crippen molar-refractivity contribution in [3.8, 4) is 5.75 Å². The van der Waals surface area contributed by atoms with Gasteiger partial charge in [-0.05, 0) is 42.8 Å². The lowest BCUT2D eigenvalue weighted by Crippen LogP contribution is -2.28. The maximum Gasteiger partial charge on any atom is 0.273 e. The number of nitrogens with one attached hydrogen (secondary N) is 2. The number of pyridine rings is 1. The van der Waals surface area contributed by atoms with Gasteiger partial charge in [-0.1, -0.05) is 6.92 Å². The maximum absolute atomic E-state index is 12.9. The molecular weight excluding hydrogens is 348 g/mol. The van der Waals surface area contributed by atoms with Crippen molar-refractivity contribution in [1.82, 2.24) is 4.98 Å². The molecule has 3 aromatic rings. The van der Waals surface area contributed by atoms with Gasteiger partial charge in [-0.15, -0.1) is 11.3 Å². The molecule has 0 atom stereocenters. The Bertz CT molecular complexity index is 921. The van der Waals surface area contributed by atoms with Crippen molar-refractivity contribution in [3.05, 3.63) is 47.5 Å². The minimum absolute atomic E-state index is 0.255. The molecule has 1 amide bonds. The Labute approximate surface area is 155 Å². The molecule has 6 nitrogen and oxygen atoms in total. The lowest BCUT2D eigenvalue weighted by molar-refractivity contribution is 0.101. The van der Waals surface area contributed by atoms with E-state index in [9.17, 15) is 4.79 Å². The van der Waals surface area contributed by atoms with E-state index in [1.54, 1.807) is 37.6 Å². The zero-order valence-corrected chi connectivity index (χ0v) is 15.5. The summed E-state index contributed by atoms with van der Waals surface area (Å²) in [4.78, 5) is 19.9. The number of nitrogens with zero attached hydrogens (tertiary/aromatic N) is 2. The molecule has 26 heavy (non-hydrogen) atoms. The molecule has 2 N–H and O–H groups in total. The molecule has 0 fully saturated rings. The average Bonchev–Trinajstić information content (AvgIpc) is 3.12. The van der Waals surface area contributed by atoms with Crippen LogP contribution in [-0.4, -0.2) is 30.9 Å². The summed E-state index contributed by atoms with van der Waals surface area (Å²) in [5, 5.41) is 12.0. The number of aromatic nitrogens is 1. The van der Waals surface area contributed by atoms with E-state index < -0.39 is 0 Å². The van der Waals surface area contributed by atoms with Gasteiger partial charge in [0.05, 0.1) is 24.0 Å². The molecule has 0 aliphatic carbocycles. The number of rotatable bonds is 7. The van der Waals surface area contributed by atoms with Crippen LogP contribution in [0.25, 0.3) is 10.2 Å². The summed E-state index contributed by atoms with van der Waals surface area (Å²) >= 11 is 1.33. The molecule has 0 bridgehead atoms. The van der Waals surface area contributed by atoms with Crippen LogP contribution in [-0.2, 0) is 0 Å². The Morgan fingerprint density at radius 1 is 1.35 bits per heavy atom. The second-order valence-electron chi connectivity index (χ2n) is 5.62. The number of benzene rings is 1. The highest BCUT2D eigenvalue weighted by Gasteiger charge is 2.20. The number of ether oxygens (including phenoxy) is 1. The minimum atomic E-state index is -0.255. The zero-order chi connectivity index (χ0) is 18.5. The lowest BCUT2D eigenvalue weighted by atomic mass is 10.2. The molecule has 3 rings (SSSR count). The van der Waals surface area contributed by atoms with Crippen molar-refractivity contribution >= 4 is 45.2 Å². The molecule has 0 aliphatic heterocycles. The summed E-state index contributed by atoms with van der Waals surface area (Å²) < 4.78 is 5.14. The summed E-state index contributed by atoms with van der Waals surface area (Å²) in [6.45, 7) is 2.96. The van der Waals surface area contributed by atoms with Gasteiger partial charge >= 0.3 is 0 Å². The van der Waals surface area contributed by atoms with Crippen LogP contribution in [0.3, 0.4) is 0 Å². The van der Waals surface area contributed by atoms with E-state index in [0.717, 1.165) is 35.2 Å². The van der Waals surface area contributed by atoms with E-state index in [2.05, 4.69) is 17.2 Å². The monoisotopic (exact) mass is 368 g/mol. The first kappa shape index (κ1) is 17.9. The molecule has 2 heterocycles. The summed E-state index contributed by atoms with van der Waals surface area (Å²) in [7, 11) is 1.59. The van der Waals surface area contributed by atoms with Crippen molar-refractivity contribution in [2.75, 3.05) is 23.9 Å². The molecule has 134 valence electrons. The number of thiophene rings is 1. The number of anilines is 2. The van der Waals surface area contributed by atoms with E-state index in [-0.39, 0.29) is 5.91 Å². The molecule has 0 spiro atoms. The van der Waals surface area contributed by atoms with Crippen molar-refractivity contribution in [1.29, 1.82) is 5.41 Å². The van der Waals surface area contributed by atoms with E-state index >= 15 is 0 Å². The summed E-state index contributed by atoms with van der Waals surface area (Å²) in [6.07, 6.45) is 3.78. The summed E-state index contributed by atoms with van der Waals surface area (Å²) in [6, 6.07) is 10.8. The van der Waals surface area contributed by atoms with Gasteiger partial charge in [0.2, 0.25) is 0 Å². The number of methoxy groups -OCH3 is 1. The first-order valence-corrected chi connectivity index (χ1v) is 9.10. The number of amides is 1. The van der Waals surface area contributed by atoms with Gasteiger partial charge in [0.15, 0.2) is 0 Å². The fourth-order valence-corrected chi connectivity index (χ4v) is 3.53. The Hall–Kier alpha value is -2.93. The van der Waals surface area contributed by atoms with Crippen LogP contribution in [0.2, 0.25) is 0 Å². The molecule has 1 aromatic carbocycles. The highest BCUT2D eigenvalue weighted by molar-refractivity contribution is 7.20. The van der Waals surface area contributed by atoms with Crippen molar-refractivity contribution in [2.24, 2.45) is 0 Å². The van der Waals surface area contributed by atoms with Gasteiger partial charge in [0.1, 0.15) is 10.6 Å². The molecule has 0 aliphatic rings. The molecule has 0 radical (unpaired) electrons. The van der Waals surface area contributed by atoms with E-state index in [1.807, 2.05) is 12.1 Å². The fraction of sp³-hybridized carbons (Fsp3) is 0.211. The SMILES string of the molecule is CCCNc1ccnc2sc(C(=O)N(C=N)c3ccc(OC)cc3)cc12. The third-order valence-corrected chi connectivity index (χ3v) is 4.94. The third kappa shape index (κ3) is 3.52. The molecule has 0 saturated carbocycles. The van der Waals surface area contributed by atoms with Gasteiger partial charge in [-0.3, -0.25) is 15.1 Å². The normalized spacial score (nSPS) is 10.5. The second kappa shape index (κ2) is 7.97. The second-order valence-corrected chi connectivity index (χ2v) is 6.65. The number of fused-ring (bicyclic) bond motifs is 1. The van der Waals surface area contributed by atoms with Crippen LogP contribution in [0.5, 0.6) is 5.75 Å². The average molecular weight is 368 g/mol. The number of hydrogen-bond donors (Lipinski definition) is 2. The van der Waals surface area contributed by atoms with Gasteiger partial charge in [-0.2, -0.15) is 0 Å². The van der Waals surface area contributed by atoms with Crippen LogP contribution in [0, 0.1) is 5.41 Å². The first-order chi connectivity index (χ1) is 12.7. The van der Waals surface area contributed by atoms with Crippen LogP contribution in [0.15, 0.2) is 42.6 Å². The molecular formula is C19H20N4O2S. The van der Waals surface area contributed by atoms with E-state index in [4.69, 9.17) is 10.1 Å². The quantitative estimate of drug-likeness (QED) is 0.479. The van der Waals surface area contributed by atoms with Crippen LogP contribution >= 0.6 is 11.3 Å². The largest absolute Gasteiger partial charge is 0.497 e. The smallest absolute Gasteiger partial charge is 0.273 e. The molecule has 7 heteroatoms. The molecule has 0 saturated heterocycles. The van der Waals surface area contributed by atoms with Crippen LogP contribution in [0.1, 0.15) is 23.0 Å². The standard InChI is InChI=1S/C19H20N4O2S/c1-3-9-21-16-8-10-22-18-15(16)11-17(26-18)19(24)23(12-20)13-4-6-14(25-2)7-5-13/h4-8,10-12,20H,3,9H2,1-2H3,(H,21,22). The third-order valence-electron chi connectivity index (χ3n) is 3.91. The highest BCUT2D eigenvalue weighted by atomic mass is 32.1. The molecule has 0 unspecified atom stereocenters. The lowest BCUT2D eigenvalue weighted by Gasteiger charge is -2.16. The minimum Gasteiger partial charge on any atom is -0.497 e. The van der Waals surface area contributed by atoms with Crippen LogP contribution < -0.4 is 15.0 Å². The van der Waals surface area contributed by atoms with Gasteiger partial charge in [-0.25, -0.2) is 4.98 Å². The first-order valence-electron chi connectivity index (χ1n) is 8.28. The topological polar surface area (TPSA) is 78.3 Å². The van der Waals surface area contributed by atoms with Crippen LogP contribution in [0.4, 0.5) is 11.4 Å². The number of hydrogen-bond acceptors (Lipinski definition) is 6. The maximum atomic E-state index is 12.9. The fourth-order valence-electron chi connectivity index (χ4n) is 2.57. The number of carbonyl (C=O) groups excluding carboxylic acids is 1. The van der Waals surface area contributed by atoms with Gasteiger partial charge in [0.25, 0.3) is 5.91 Å². The highest BCUT2D eigenvalue weighted by Crippen LogP contribution is 2.31. The Morgan fingerprint density at radius 2 is 2.12 bits per heavy atom. The van der Waals surface area contributed by atoms with Crippen molar-refractivity contribution in [3.63, 3.8) is 0 Å². The summed E-state index contributed by atoms with van der Waals surface area (Å²) in [5.41, 5.74) is 1.58. The van der Waals surface area contributed by atoms with E-state index in [0.29, 0.717) is 16.3 Å². The van der Waals surface area contributed by atoms with Crippen molar-refractivity contribution in [2.45, 2.75) is 13.3 Å². The van der Waals surface area contributed by atoms with Gasteiger partial charge < -0.3 is 10.1 Å². The zero-order valence-electron chi connectivity index (χ0n) is 14.7. The molecule has 2 aromatic heterocycles. The Morgan fingerprint density at radius 3 is 2.77 bits per heavy atom. The predicted molar refractivity (Wildman–Crippen MR) is 107 cm³/mol. The van der Waals surface area contributed by atoms with Crippen molar-refractivity contribution < 1.29 is 9.53 Å². The summed E-state index contributed by atoms with van der Waals surface area (Å²) in [5.74, 6) is 0.443. The number of carbonyl (C=O) groups is 1. The van der Waals surface area contributed by atoms with Gasteiger partial charge in [0, 0.05) is 23.8 Å². The Balaban J connectivity index is 1.93. The van der Waals surface area contributed by atoms with E-state index in [1.165, 1.54) is 16.2 Å². The Kier molecular flexibility index (Phi) is 5.48.